The van der Waals surface area contributed by atoms with Crippen LogP contribution in [0.15, 0.2) is 35.4 Å². The van der Waals surface area contributed by atoms with Crippen LogP contribution in [0.4, 0.5) is 17.6 Å². The standard InChI is InChI=1S/C12H11F4N3S2/c13-7-1-3-8(4-2-7)20-6-9(19-17)10-5-18-11(21-10)12(14,15)16/h1-5,9,19H,6,17H2. The molecule has 0 saturated heterocycles. The van der Waals surface area contributed by atoms with Gasteiger partial charge in [0.05, 0.1) is 6.04 Å². The first-order valence-electron chi connectivity index (χ1n) is 5.77. The maximum atomic E-state index is 12.8. The van der Waals surface area contributed by atoms with E-state index in [-0.39, 0.29) is 5.82 Å². The van der Waals surface area contributed by atoms with Crippen LogP contribution in [-0.4, -0.2) is 10.7 Å². The minimum Gasteiger partial charge on any atom is -0.271 e. The van der Waals surface area contributed by atoms with Gasteiger partial charge in [-0.05, 0) is 24.3 Å². The summed E-state index contributed by atoms with van der Waals surface area (Å²) in [6, 6.07) is 5.38. The van der Waals surface area contributed by atoms with Gasteiger partial charge >= 0.3 is 6.18 Å². The summed E-state index contributed by atoms with van der Waals surface area (Å²) in [5.74, 6) is 5.45. The Morgan fingerprint density at radius 1 is 1.29 bits per heavy atom. The SMILES string of the molecule is NNC(CSc1ccc(F)cc1)c1cnc(C(F)(F)F)s1. The number of hydrogen-bond acceptors (Lipinski definition) is 5. The molecule has 1 heterocycles. The van der Waals surface area contributed by atoms with E-state index in [2.05, 4.69) is 10.4 Å². The third-order valence-corrected chi connectivity index (χ3v) is 4.80. The van der Waals surface area contributed by atoms with E-state index in [4.69, 9.17) is 5.84 Å². The lowest BCUT2D eigenvalue weighted by atomic mass is 10.3. The number of rotatable bonds is 5. The van der Waals surface area contributed by atoms with Crippen molar-refractivity contribution in [3.8, 4) is 0 Å². The first-order valence-corrected chi connectivity index (χ1v) is 7.58. The Bertz CT molecular complexity index is 583. The van der Waals surface area contributed by atoms with Crippen molar-refractivity contribution in [3.05, 3.63) is 46.2 Å². The molecule has 21 heavy (non-hydrogen) atoms. The highest BCUT2D eigenvalue weighted by molar-refractivity contribution is 7.99. The highest BCUT2D eigenvalue weighted by Crippen LogP contribution is 2.35. The number of halogens is 4. The Labute approximate surface area is 126 Å². The molecule has 1 atom stereocenters. The van der Waals surface area contributed by atoms with Gasteiger partial charge in [-0.15, -0.1) is 23.1 Å². The van der Waals surface area contributed by atoms with Gasteiger partial charge < -0.3 is 0 Å². The highest BCUT2D eigenvalue weighted by Gasteiger charge is 2.35. The molecular weight excluding hydrogens is 326 g/mol. The smallest absolute Gasteiger partial charge is 0.271 e. The van der Waals surface area contributed by atoms with Gasteiger partial charge in [-0.1, -0.05) is 0 Å². The third-order valence-electron chi connectivity index (χ3n) is 2.54. The molecule has 9 heteroatoms. The van der Waals surface area contributed by atoms with E-state index in [1.807, 2.05) is 0 Å². The molecule has 0 aliphatic carbocycles. The molecule has 0 bridgehead atoms. The molecule has 114 valence electrons. The van der Waals surface area contributed by atoms with Crippen molar-refractivity contribution in [1.82, 2.24) is 10.4 Å². The van der Waals surface area contributed by atoms with E-state index >= 15 is 0 Å². The zero-order valence-electron chi connectivity index (χ0n) is 10.5. The summed E-state index contributed by atoms with van der Waals surface area (Å²) in [7, 11) is 0. The summed E-state index contributed by atoms with van der Waals surface area (Å²) in [6.45, 7) is 0. The van der Waals surface area contributed by atoms with Crippen LogP contribution in [0.3, 0.4) is 0 Å². The van der Waals surface area contributed by atoms with Crippen molar-refractivity contribution in [2.75, 3.05) is 5.75 Å². The largest absolute Gasteiger partial charge is 0.443 e. The minimum absolute atomic E-state index is 0.342. The van der Waals surface area contributed by atoms with Gasteiger partial charge in [0.15, 0.2) is 5.01 Å². The topological polar surface area (TPSA) is 50.9 Å². The lowest BCUT2D eigenvalue weighted by molar-refractivity contribution is -0.137. The lowest BCUT2D eigenvalue weighted by Crippen LogP contribution is -2.29. The number of alkyl halides is 3. The van der Waals surface area contributed by atoms with Crippen LogP contribution in [0.1, 0.15) is 15.9 Å². The van der Waals surface area contributed by atoms with Crippen LogP contribution in [-0.2, 0) is 6.18 Å². The Hall–Kier alpha value is -1.16. The number of hydrazine groups is 1. The normalized spacial score (nSPS) is 13.4. The summed E-state index contributed by atoms with van der Waals surface area (Å²) >= 11 is 1.92. The van der Waals surface area contributed by atoms with Gasteiger partial charge in [0.25, 0.3) is 0 Å². The summed E-state index contributed by atoms with van der Waals surface area (Å²) in [4.78, 5) is 4.57. The second-order valence-corrected chi connectivity index (χ2v) is 6.21. The first kappa shape index (κ1) is 16.2. The van der Waals surface area contributed by atoms with Crippen molar-refractivity contribution < 1.29 is 17.6 Å². The van der Waals surface area contributed by atoms with Crippen molar-refractivity contribution in [2.24, 2.45) is 5.84 Å². The van der Waals surface area contributed by atoms with Crippen molar-refractivity contribution in [3.63, 3.8) is 0 Å². The van der Waals surface area contributed by atoms with Gasteiger partial charge in [0.2, 0.25) is 0 Å². The van der Waals surface area contributed by atoms with Gasteiger partial charge in [-0.2, -0.15) is 13.2 Å². The van der Waals surface area contributed by atoms with Crippen LogP contribution >= 0.6 is 23.1 Å². The van der Waals surface area contributed by atoms with Crippen molar-refractivity contribution >= 4 is 23.1 Å². The minimum atomic E-state index is -4.45. The molecule has 0 saturated carbocycles. The molecule has 0 amide bonds. The zero-order chi connectivity index (χ0) is 15.5. The maximum Gasteiger partial charge on any atom is 0.443 e. The number of thiazole rings is 1. The second kappa shape index (κ2) is 6.73. The lowest BCUT2D eigenvalue weighted by Gasteiger charge is -2.13. The molecule has 3 N–H and O–H groups in total. The molecule has 0 radical (unpaired) electrons. The Morgan fingerprint density at radius 2 is 1.95 bits per heavy atom. The summed E-state index contributed by atoms with van der Waals surface area (Å²) in [5.41, 5.74) is 2.47. The quantitative estimate of drug-likeness (QED) is 0.379. The average molecular weight is 337 g/mol. The fraction of sp³-hybridized carbons (Fsp3) is 0.250. The fourth-order valence-electron chi connectivity index (χ4n) is 1.50. The van der Waals surface area contributed by atoms with Crippen LogP contribution in [0.2, 0.25) is 0 Å². The molecule has 0 fully saturated rings. The number of thioether (sulfide) groups is 1. The van der Waals surface area contributed by atoms with Crippen LogP contribution in [0.5, 0.6) is 0 Å². The van der Waals surface area contributed by atoms with Gasteiger partial charge in [-0.3, -0.25) is 11.3 Å². The molecule has 2 rings (SSSR count). The zero-order valence-corrected chi connectivity index (χ0v) is 12.2. The number of nitrogens with zero attached hydrogens (tertiary/aromatic N) is 1. The number of hydrogen-bond donors (Lipinski definition) is 2. The molecule has 0 aliphatic rings. The molecule has 1 aromatic heterocycles. The molecule has 2 aromatic rings. The summed E-state index contributed by atoms with van der Waals surface area (Å²) in [6.07, 6.45) is -3.28. The molecular formula is C12H11F4N3S2. The second-order valence-electron chi connectivity index (χ2n) is 4.05. The highest BCUT2D eigenvalue weighted by atomic mass is 32.2. The van der Waals surface area contributed by atoms with E-state index in [0.29, 0.717) is 22.0 Å². The van der Waals surface area contributed by atoms with Gasteiger partial charge in [0, 0.05) is 21.7 Å². The van der Waals surface area contributed by atoms with Crippen LogP contribution in [0.25, 0.3) is 0 Å². The summed E-state index contributed by atoms with van der Waals surface area (Å²) in [5, 5.41) is -0.899. The fourth-order valence-corrected chi connectivity index (χ4v) is 3.41. The molecule has 0 aliphatic heterocycles. The molecule has 3 nitrogen and oxygen atoms in total. The van der Waals surface area contributed by atoms with Gasteiger partial charge in [-0.25, -0.2) is 9.37 Å². The van der Waals surface area contributed by atoms with Crippen molar-refractivity contribution in [2.45, 2.75) is 17.1 Å². The van der Waals surface area contributed by atoms with Crippen molar-refractivity contribution in [1.29, 1.82) is 0 Å². The maximum absolute atomic E-state index is 12.8. The summed E-state index contributed by atoms with van der Waals surface area (Å²) < 4.78 is 50.3. The molecule has 1 aromatic carbocycles. The monoisotopic (exact) mass is 337 g/mol. The Balaban J connectivity index is 2.03. The first-order chi connectivity index (χ1) is 9.90. The average Bonchev–Trinajstić information content (AvgIpc) is 2.91. The Kier molecular flexibility index (Phi) is 5.20. The van der Waals surface area contributed by atoms with E-state index < -0.39 is 17.2 Å². The predicted octanol–water partition coefficient (Wildman–Crippen LogP) is 3.60. The number of nitrogens with one attached hydrogen (secondary N) is 1. The van der Waals surface area contributed by atoms with Gasteiger partial charge in [0.1, 0.15) is 5.82 Å². The van der Waals surface area contributed by atoms with E-state index in [1.165, 1.54) is 30.1 Å². The van der Waals surface area contributed by atoms with E-state index in [9.17, 15) is 17.6 Å². The third kappa shape index (κ3) is 4.40. The van der Waals surface area contributed by atoms with E-state index in [0.717, 1.165) is 4.90 Å². The molecule has 0 spiro atoms. The number of benzene rings is 1. The van der Waals surface area contributed by atoms with Crippen LogP contribution in [0, 0.1) is 5.82 Å². The van der Waals surface area contributed by atoms with Crippen LogP contribution < -0.4 is 11.3 Å². The number of aromatic nitrogens is 1. The Morgan fingerprint density at radius 3 is 2.48 bits per heavy atom. The molecule has 1 unspecified atom stereocenters. The predicted molar refractivity (Wildman–Crippen MR) is 74.3 cm³/mol. The van der Waals surface area contributed by atoms with E-state index in [1.54, 1.807) is 12.1 Å². The number of nitrogens with two attached hydrogens (primary N) is 1.